The van der Waals surface area contributed by atoms with Crippen molar-refractivity contribution in [2.75, 3.05) is 13.1 Å². The number of fused-ring (bicyclic) bond motifs is 3. The van der Waals surface area contributed by atoms with Crippen molar-refractivity contribution in [2.24, 2.45) is 0 Å². The highest BCUT2D eigenvalue weighted by molar-refractivity contribution is 5.99. The van der Waals surface area contributed by atoms with Crippen molar-refractivity contribution in [1.29, 1.82) is 0 Å². The Kier molecular flexibility index (Phi) is 3.36. The fourth-order valence-electron chi connectivity index (χ4n) is 2.43. The molecule has 8 heteroatoms. The maximum atomic E-state index is 13.3. The first kappa shape index (κ1) is 14.2. The highest BCUT2D eigenvalue weighted by Gasteiger charge is 2.22. The second kappa shape index (κ2) is 5.21. The van der Waals surface area contributed by atoms with Crippen LogP contribution in [0.1, 0.15) is 24.3 Å². The molecular weight excluding hydrogens is 289 g/mol. The van der Waals surface area contributed by atoms with E-state index in [1.54, 1.807) is 4.90 Å². The third kappa shape index (κ3) is 2.03. The lowest BCUT2D eigenvalue weighted by atomic mass is 10.2. The third-order valence-electron chi connectivity index (χ3n) is 3.57. The van der Waals surface area contributed by atoms with Crippen molar-refractivity contribution in [2.45, 2.75) is 13.8 Å². The van der Waals surface area contributed by atoms with Gasteiger partial charge in [0.05, 0.1) is 11.0 Å². The van der Waals surface area contributed by atoms with Crippen LogP contribution in [-0.4, -0.2) is 43.7 Å². The summed E-state index contributed by atoms with van der Waals surface area (Å²) in [4.78, 5) is 28.8. The lowest BCUT2D eigenvalue weighted by Gasteiger charge is -2.16. The van der Waals surface area contributed by atoms with Crippen LogP contribution in [0.5, 0.6) is 0 Å². The smallest absolute Gasteiger partial charge is 0.277 e. The van der Waals surface area contributed by atoms with Gasteiger partial charge in [-0.3, -0.25) is 9.59 Å². The summed E-state index contributed by atoms with van der Waals surface area (Å²) in [7, 11) is 0. The van der Waals surface area contributed by atoms with Crippen LogP contribution >= 0.6 is 0 Å². The number of nitrogens with one attached hydrogen (secondary N) is 1. The van der Waals surface area contributed by atoms with Crippen LogP contribution < -0.4 is 5.56 Å². The summed E-state index contributed by atoms with van der Waals surface area (Å²) in [6.07, 6.45) is 0. The average molecular weight is 303 g/mol. The quantitative estimate of drug-likeness (QED) is 0.788. The Morgan fingerprint density at radius 3 is 2.77 bits per heavy atom. The van der Waals surface area contributed by atoms with E-state index in [2.05, 4.69) is 15.3 Å². The fraction of sp³-hybridized carbons (Fsp3) is 0.286. The van der Waals surface area contributed by atoms with Gasteiger partial charge in [0.1, 0.15) is 5.82 Å². The second-order valence-corrected chi connectivity index (χ2v) is 4.79. The Bertz CT molecular complexity index is 926. The predicted molar refractivity (Wildman–Crippen MR) is 78.3 cm³/mol. The molecule has 2 heterocycles. The van der Waals surface area contributed by atoms with Gasteiger partial charge >= 0.3 is 0 Å². The van der Waals surface area contributed by atoms with Crippen molar-refractivity contribution in [1.82, 2.24) is 24.7 Å². The number of carbonyl (C=O) groups is 1. The minimum Gasteiger partial charge on any atom is -0.338 e. The zero-order valence-corrected chi connectivity index (χ0v) is 12.1. The van der Waals surface area contributed by atoms with Crippen molar-refractivity contribution < 1.29 is 9.18 Å². The molecular formula is C14H14FN5O2. The number of benzene rings is 1. The molecule has 3 aromatic rings. The molecule has 2 aromatic heterocycles. The molecule has 1 N–H and O–H groups in total. The van der Waals surface area contributed by atoms with Gasteiger partial charge in [0.2, 0.25) is 0 Å². The minimum absolute atomic E-state index is 0.00354. The number of aromatic amines is 1. The summed E-state index contributed by atoms with van der Waals surface area (Å²) < 4.78 is 14.5. The summed E-state index contributed by atoms with van der Waals surface area (Å²) in [5.74, 6) is -0.825. The molecule has 0 unspecified atom stereocenters. The highest BCUT2D eigenvalue weighted by Crippen LogP contribution is 2.15. The minimum atomic E-state index is -0.529. The van der Waals surface area contributed by atoms with E-state index >= 15 is 0 Å². The van der Waals surface area contributed by atoms with Crippen LogP contribution in [-0.2, 0) is 0 Å². The number of hydrogen-bond acceptors (Lipinski definition) is 4. The Morgan fingerprint density at radius 2 is 2.09 bits per heavy atom. The van der Waals surface area contributed by atoms with Crippen LogP contribution in [0.25, 0.3) is 16.6 Å². The molecule has 7 nitrogen and oxygen atoms in total. The van der Waals surface area contributed by atoms with Gasteiger partial charge in [-0.25, -0.2) is 8.91 Å². The number of nitrogens with zero attached hydrogens (tertiary/aromatic N) is 4. The molecule has 0 atom stereocenters. The normalized spacial score (nSPS) is 11.2. The number of carbonyl (C=O) groups excluding carboxylic acids is 1. The van der Waals surface area contributed by atoms with Gasteiger partial charge < -0.3 is 9.88 Å². The Hall–Kier alpha value is -2.77. The first-order valence-corrected chi connectivity index (χ1v) is 6.93. The summed E-state index contributed by atoms with van der Waals surface area (Å²) in [5, 5.41) is 7.74. The summed E-state index contributed by atoms with van der Waals surface area (Å²) in [6.45, 7) is 4.70. The molecule has 1 amide bonds. The summed E-state index contributed by atoms with van der Waals surface area (Å²) in [6, 6.07) is 3.94. The topological polar surface area (TPSA) is 83.4 Å². The van der Waals surface area contributed by atoms with Crippen molar-refractivity contribution in [3.8, 4) is 0 Å². The van der Waals surface area contributed by atoms with Crippen LogP contribution in [0.3, 0.4) is 0 Å². The standard InChI is InChI=1S/C14H14FN5O2/c1-3-19(4-2)14(22)11-12-13(21)16-9-7-8(15)5-6-10(9)20(12)18-17-11/h5-7H,3-4H2,1-2H3,(H,16,21). The molecule has 22 heavy (non-hydrogen) atoms. The van der Waals surface area contributed by atoms with E-state index < -0.39 is 11.4 Å². The molecule has 0 aliphatic heterocycles. The maximum Gasteiger partial charge on any atom is 0.277 e. The van der Waals surface area contributed by atoms with Crippen LogP contribution in [0.2, 0.25) is 0 Å². The van der Waals surface area contributed by atoms with E-state index in [4.69, 9.17) is 0 Å². The van der Waals surface area contributed by atoms with E-state index in [0.29, 0.717) is 24.1 Å². The molecule has 0 saturated carbocycles. The van der Waals surface area contributed by atoms with Gasteiger partial charge in [0.15, 0.2) is 11.2 Å². The van der Waals surface area contributed by atoms with Crippen LogP contribution in [0, 0.1) is 5.82 Å². The van der Waals surface area contributed by atoms with Crippen molar-refractivity contribution in [3.63, 3.8) is 0 Å². The number of halogens is 1. The molecule has 0 spiro atoms. The Labute approximate surface area is 124 Å². The van der Waals surface area contributed by atoms with Crippen molar-refractivity contribution in [3.05, 3.63) is 40.1 Å². The molecule has 0 radical (unpaired) electrons. The number of hydrogen-bond donors (Lipinski definition) is 1. The first-order chi connectivity index (χ1) is 10.6. The third-order valence-corrected chi connectivity index (χ3v) is 3.57. The van der Waals surface area contributed by atoms with Gasteiger partial charge in [-0.1, -0.05) is 5.21 Å². The molecule has 0 aliphatic rings. The van der Waals surface area contributed by atoms with Gasteiger partial charge in [-0.2, -0.15) is 0 Å². The van der Waals surface area contributed by atoms with E-state index in [-0.39, 0.29) is 17.1 Å². The molecule has 0 bridgehead atoms. The molecule has 0 aliphatic carbocycles. The first-order valence-electron chi connectivity index (χ1n) is 6.93. The number of amides is 1. The van der Waals surface area contributed by atoms with E-state index in [1.807, 2.05) is 13.8 Å². The molecule has 1 aromatic carbocycles. The molecule has 0 saturated heterocycles. The molecule has 3 rings (SSSR count). The number of aromatic nitrogens is 4. The summed E-state index contributed by atoms with van der Waals surface area (Å²) in [5.41, 5.74) is 0.303. The second-order valence-electron chi connectivity index (χ2n) is 4.79. The van der Waals surface area contributed by atoms with Gasteiger partial charge in [0, 0.05) is 13.1 Å². The average Bonchev–Trinajstić information content (AvgIpc) is 2.93. The van der Waals surface area contributed by atoms with E-state index in [1.165, 1.54) is 22.7 Å². The Morgan fingerprint density at radius 1 is 1.36 bits per heavy atom. The maximum absolute atomic E-state index is 13.3. The lowest BCUT2D eigenvalue weighted by molar-refractivity contribution is 0.0769. The van der Waals surface area contributed by atoms with Crippen LogP contribution in [0.4, 0.5) is 4.39 Å². The zero-order chi connectivity index (χ0) is 15.9. The van der Waals surface area contributed by atoms with E-state index in [0.717, 1.165) is 0 Å². The predicted octanol–water partition coefficient (Wildman–Crippen LogP) is 1.19. The summed E-state index contributed by atoms with van der Waals surface area (Å²) >= 11 is 0. The monoisotopic (exact) mass is 303 g/mol. The largest absolute Gasteiger partial charge is 0.338 e. The molecule has 0 fully saturated rings. The SMILES string of the molecule is CCN(CC)C(=O)c1nnn2c1c(=O)[nH]c1cc(F)ccc12. The Balaban J connectivity index is 2.30. The van der Waals surface area contributed by atoms with E-state index in [9.17, 15) is 14.0 Å². The lowest BCUT2D eigenvalue weighted by Crippen LogP contribution is -2.31. The zero-order valence-electron chi connectivity index (χ0n) is 12.1. The van der Waals surface area contributed by atoms with Gasteiger partial charge in [0.25, 0.3) is 11.5 Å². The number of rotatable bonds is 3. The highest BCUT2D eigenvalue weighted by atomic mass is 19.1. The van der Waals surface area contributed by atoms with Gasteiger partial charge in [-0.15, -0.1) is 5.10 Å². The van der Waals surface area contributed by atoms with Crippen LogP contribution in [0.15, 0.2) is 23.0 Å². The van der Waals surface area contributed by atoms with Crippen molar-refractivity contribution >= 4 is 22.5 Å². The number of H-pyrrole nitrogens is 1. The van der Waals surface area contributed by atoms with Gasteiger partial charge in [-0.05, 0) is 32.0 Å². The molecule has 114 valence electrons. The fourth-order valence-corrected chi connectivity index (χ4v) is 2.43.